The summed E-state index contributed by atoms with van der Waals surface area (Å²) >= 11 is 0. The highest BCUT2D eigenvalue weighted by Crippen LogP contribution is 2.17. The molecule has 0 fully saturated rings. The van der Waals surface area contributed by atoms with E-state index in [2.05, 4.69) is 5.16 Å². The zero-order valence-corrected chi connectivity index (χ0v) is 15.7. The van der Waals surface area contributed by atoms with E-state index in [1.165, 1.54) is 30.5 Å². The second-order valence-electron chi connectivity index (χ2n) is 6.22. The van der Waals surface area contributed by atoms with E-state index in [0.29, 0.717) is 16.9 Å². The minimum atomic E-state index is -0.463. The second kappa shape index (κ2) is 9.78. The smallest absolute Gasteiger partial charge is 0.269 e. The summed E-state index contributed by atoms with van der Waals surface area (Å²) in [6.45, 7) is 0.323. The van der Waals surface area contributed by atoms with Crippen molar-refractivity contribution in [3.8, 4) is 5.75 Å². The van der Waals surface area contributed by atoms with Crippen molar-refractivity contribution >= 4 is 17.6 Å². The van der Waals surface area contributed by atoms with E-state index in [1.807, 2.05) is 0 Å². The third-order valence-corrected chi connectivity index (χ3v) is 4.04. The number of hydrogen-bond donors (Lipinski definition) is 0. The molecule has 152 valence electrons. The van der Waals surface area contributed by atoms with Crippen LogP contribution in [-0.2, 0) is 18.1 Å². The molecule has 9 heteroatoms. The molecule has 0 radical (unpaired) electrons. The van der Waals surface area contributed by atoms with Crippen molar-refractivity contribution in [2.75, 3.05) is 0 Å². The number of non-ortho nitro benzene ring substituents is 2. The number of benzene rings is 3. The van der Waals surface area contributed by atoms with Gasteiger partial charge < -0.3 is 9.57 Å². The first kappa shape index (κ1) is 20.5. The molecule has 3 aromatic carbocycles. The van der Waals surface area contributed by atoms with Gasteiger partial charge in [-0.3, -0.25) is 20.2 Å². The van der Waals surface area contributed by atoms with E-state index >= 15 is 0 Å². The van der Waals surface area contributed by atoms with Crippen molar-refractivity contribution in [1.82, 2.24) is 0 Å². The fourth-order valence-electron chi connectivity index (χ4n) is 2.55. The molecule has 30 heavy (non-hydrogen) atoms. The summed E-state index contributed by atoms with van der Waals surface area (Å²) in [5, 5.41) is 25.4. The first-order chi connectivity index (χ1) is 14.5. The number of nitro benzene ring substituents is 2. The average Bonchev–Trinajstić information content (AvgIpc) is 2.76. The summed E-state index contributed by atoms with van der Waals surface area (Å²) in [6.07, 6.45) is 1.52. The van der Waals surface area contributed by atoms with Crippen LogP contribution in [0.15, 0.2) is 78.0 Å². The Kier molecular flexibility index (Phi) is 6.67. The largest absolute Gasteiger partial charge is 0.489 e. The maximum absolute atomic E-state index is 10.8. The Morgan fingerprint density at radius 1 is 0.800 bits per heavy atom. The van der Waals surface area contributed by atoms with E-state index in [9.17, 15) is 20.2 Å². The molecule has 0 aliphatic heterocycles. The van der Waals surface area contributed by atoms with Crippen LogP contribution < -0.4 is 4.74 Å². The van der Waals surface area contributed by atoms with Gasteiger partial charge in [-0.25, -0.2) is 0 Å². The van der Waals surface area contributed by atoms with Crippen molar-refractivity contribution in [3.05, 3.63) is 110 Å². The van der Waals surface area contributed by atoms with E-state index < -0.39 is 9.85 Å². The lowest BCUT2D eigenvalue weighted by Gasteiger charge is -2.06. The lowest BCUT2D eigenvalue weighted by Crippen LogP contribution is -1.97. The second-order valence-corrected chi connectivity index (χ2v) is 6.22. The third kappa shape index (κ3) is 5.86. The van der Waals surface area contributed by atoms with Gasteiger partial charge in [0.15, 0.2) is 0 Å². The minimum Gasteiger partial charge on any atom is -0.489 e. The molecule has 0 saturated heterocycles. The number of hydrogen-bond acceptors (Lipinski definition) is 7. The molecule has 9 nitrogen and oxygen atoms in total. The van der Waals surface area contributed by atoms with Crippen LogP contribution in [0, 0.1) is 20.2 Å². The van der Waals surface area contributed by atoms with Crippen molar-refractivity contribution < 1.29 is 19.4 Å². The van der Waals surface area contributed by atoms with Gasteiger partial charge in [0.2, 0.25) is 0 Å². The van der Waals surface area contributed by atoms with Gasteiger partial charge in [-0.05, 0) is 41.0 Å². The highest BCUT2D eigenvalue weighted by Gasteiger charge is 2.06. The first-order valence-corrected chi connectivity index (χ1v) is 8.86. The SMILES string of the molecule is O=[N+]([O-])c1cccc(CO/N=C\c2ccc(OCc3cccc([N+](=O)[O-])c3)cc2)c1. The summed E-state index contributed by atoms with van der Waals surface area (Å²) in [4.78, 5) is 25.8. The molecule has 0 saturated carbocycles. The van der Waals surface area contributed by atoms with Gasteiger partial charge in [0.05, 0.1) is 16.1 Å². The summed E-state index contributed by atoms with van der Waals surface area (Å²) in [5.41, 5.74) is 2.14. The Labute approximate surface area is 171 Å². The van der Waals surface area contributed by atoms with Gasteiger partial charge in [-0.1, -0.05) is 29.4 Å². The van der Waals surface area contributed by atoms with Gasteiger partial charge in [0.25, 0.3) is 11.4 Å². The normalized spacial score (nSPS) is 10.7. The summed E-state index contributed by atoms with van der Waals surface area (Å²) < 4.78 is 5.64. The molecule has 0 bridgehead atoms. The van der Waals surface area contributed by atoms with Gasteiger partial charge in [0.1, 0.15) is 19.0 Å². The maximum atomic E-state index is 10.8. The molecule has 3 rings (SSSR count). The van der Waals surface area contributed by atoms with Crippen LogP contribution >= 0.6 is 0 Å². The first-order valence-electron chi connectivity index (χ1n) is 8.86. The highest BCUT2D eigenvalue weighted by molar-refractivity contribution is 5.79. The van der Waals surface area contributed by atoms with Crippen molar-refractivity contribution in [2.45, 2.75) is 13.2 Å². The molecule has 0 aliphatic carbocycles. The molecular formula is C21H17N3O6. The Morgan fingerprint density at radius 2 is 1.37 bits per heavy atom. The number of rotatable bonds is 9. The highest BCUT2D eigenvalue weighted by atomic mass is 16.6. The standard InChI is InChI=1S/C21H17N3O6/c25-23(26)19-5-1-3-17(11-19)14-29-21-9-7-16(8-10-21)13-22-30-15-18-4-2-6-20(12-18)24(27)28/h1-13H,14-15H2/b22-13-. The van der Waals surface area contributed by atoms with Crippen LogP contribution in [0.25, 0.3) is 0 Å². The minimum absolute atomic E-state index is 0.000719. The van der Waals surface area contributed by atoms with Gasteiger partial charge >= 0.3 is 0 Å². The van der Waals surface area contributed by atoms with Gasteiger partial charge in [0, 0.05) is 24.3 Å². The van der Waals surface area contributed by atoms with Gasteiger partial charge in [-0.15, -0.1) is 0 Å². The molecule has 0 N–H and O–H groups in total. The Hall–Kier alpha value is -4.27. The Morgan fingerprint density at radius 3 is 1.93 bits per heavy atom. The van der Waals surface area contributed by atoms with Crippen LogP contribution in [0.4, 0.5) is 11.4 Å². The monoisotopic (exact) mass is 407 g/mol. The molecule has 0 heterocycles. The molecule has 3 aromatic rings. The maximum Gasteiger partial charge on any atom is 0.269 e. The predicted octanol–water partition coefficient (Wildman–Crippen LogP) is 4.63. The summed E-state index contributed by atoms with van der Waals surface area (Å²) in [6, 6.07) is 19.5. The van der Waals surface area contributed by atoms with Crippen LogP contribution in [0.1, 0.15) is 16.7 Å². The summed E-state index contributed by atoms with van der Waals surface area (Å²) in [7, 11) is 0. The molecule has 0 amide bonds. The topological polar surface area (TPSA) is 117 Å². The van der Waals surface area contributed by atoms with Crippen molar-refractivity contribution in [1.29, 1.82) is 0 Å². The number of oxime groups is 1. The van der Waals surface area contributed by atoms with E-state index in [-0.39, 0.29) is 24.6 Å². The molecule has 0 aromatic heterocycles. The van der Waals surface area contributed by atoms with Crippen molar-refractivity contribution in [3.63, 3.8) is 0 Å². The van der Waals surface area contributed by atoms with Gasteiger partial charge in [-0.2, -0.15) is 0 Å². The molecule has 0 atom stereocenters. The zero-order chi connectivity index (χ0) is 21.3. The Balaban J connectivity index is 1.49. The molecular weight excluding hydrogens is 390 g/mol. The summed E-state index contributed by atoms with van der Waals surface area (Å²) in [5.74, 6) is 0.608. The lowest BCUT2D eigenvalue weighted by atomic mass is 10.2. The lowest BCUT2D eigenvalue weighted by molar-refractivity contribution is -0.385. The van der Waals surface area contributed by atoms with Crippen LogP contribution in [0.2, 0.25) is 0 Å². The van der Waals surface area contributed by atoms with Crippen LogP contribution in [-0.4, -0.2) is 16.1 Å². The molecule has 0 spiro atoms. The number of nitrogens with zero attached hydrogens (tertiary/aromatic N) is 3. The Bertz CT molecular complexity index is 1070. The zero-order valence-electron chi connectivity index (χ0n) is 15.7. The quantitative estimate of drug-likeness (QED) is 0.290. The van der Waals surface area contributed by atoms with E-state index in [4.69, 9.17) is 9.57 Å². The van der Waals surface area contributed by atoms with Crippen molar-refractivity contribution in [2.24, 2.45) is 5.16 Å². The third-order valence-electron chi connectivity index (χ3n) is 4.04. The van der Waals surface area contributed by atoms with Crippen LogP contribution in [0.3, 0.4) is 0 Å². The predicted molar refractivity (Wildman–Crippen MR) is 109 cm³/mol. The number of ether oxygens (including phenoxy) is 1. The van der Waals surface area contributed by atoms with E-state index in [1.54, 1.807) is 48.5 Å². The fourth-order valence-corrected chi connectivity index (χ4v) is 2.55. The van der Waals surface area contributed by atoms with Crippen LogP contribution in [0.5, 0.6) is 5.75 Å². The molecule has 0 unspecified atom stereocenters. The molecule has 0 aliphatic rings. The van der Waals surface area contributed by atoms with E-state index in [0.717, 1.165) is 5.56 Å². The average molecular weight is 407 g/mol. The fraction of sp³-hybridized carbons (Fsp3) is 0.0952. The number of nitro groups is 2.